The van der Waals surface area contributed by atoms with Gasteiger partial charge in [0.05, 0.1) is 10.6 Å². The predicted molar refractivity (Wildman–Crippen MR) is 104 cm³/mol. The fourth-order valence-corrected chi connectivity index (χ4v) is 5.35. The third kappa shape index (κ3) is 3.04. The minimum atomic E-state index is -4.10. The Morgan fingerprint density at radius 3 is 2.61 bits per heavy atom. The molecule has 1 N–H and O–H groups in total. The summed E-state index contributed by atoms with van der Waals surface area (Å²) in [6.07, 6.45) is 3.94. The number of benzene rings is 2. The molecule has 2 aromatic carbocycles. The fraction of sp³-hybridized carbons (Fsp3) is 0.238. The van der Waals surface area contributed by atoms with E-state index in [0.29, 0.717) is 12.1 Å². The van der Waals surface area contributed by atoms with Crippen LogP contribution in [0, 0.1) is 11.6 Å². The van der Waals surface area contributed by atoms with Gasteiger partial charge in [-0.1, -0.05) is 18.2 Å². The summed E-state index contributed by atoms with van der Waals surface area (Å²) in [7, 11) is -2.28. The van der Waals surface area contributed by atoms with Crippen molar-refractivity contribution in [2.75, 3.05) is 7.05 Å². The zero-order valence-corrected chi connectivity index (χ0v) is 16.1. The second kappa shape index (κ2) is 7.14. The minimum Gasteiger partial charge on any atom is -0.313 e. The van der Waals surface area contributed by atoms with Crippen molar-refractivity contribution in [3.63, 3.8) is 0 Å². The molecule has 28 heavy (non-hydrogen) atoms. The molecule has 146 valence electrons. The highest BCUT2D eigenvalue weighted by Crippen LogP contribution is 2.40. The lowest BCUT2D eigenvalue weighted by Gasteiger charge is -2.22. The van der Waals surface area contributed by atoms with E-state index in [4.69, 9.17) is 0 Å². The van der Waals surface area contributed by atoms with Crippen LogP contribution in [0.5, 0.6) is 0 Å². The number of aromatic nitrogens is 1. The van der Waals surface area contributed by atoms with Crippen LogP contribution in [0.25, 0.3) is 11.3 Å². The molecule has 0 amide bonds. The second-order valence-corrected chi connectivity index (χ2v) is 8.70. The van der Waals surface area contributed by atoms with E-state index in [-0.39, 0.29) is 16.5 Å². The van der Waals surface area contributed by atoms with E-state index in [1.54, 1.807) is 24.4 Å². The summed E-state index contributed by atoms with van der Waals surface area (Å²) in [4.78, 5) is -0.168. The van der Waals surface area contributed by atoms with E-state index >= 15 is 0 Å². The van der Waals surface area contributed by atoms with Crippen molar-refractivity contribution in [1.82, 2.24) is 9.29 Å². The molecule has 3 aromatic rings. The number of nitrogens with one attached hydrogen (secondary N) is 1. The quantitative estimate of drug-likeness (QED) is 0.709. The van der Waals surface area contributed by atoms with Gasteiger partial charge in [-0.3, -0.25) is 0 Å². The normalized spacial score (nSPS) is 16.8. The average molecular weight is 402 g/mol. The van der Waals surface area contributed by atoms with Crippen molar-refractivity contribution >= 4 is 10.0 Å². The van der Waals surface area contributed by atoms with Crippen molar-refractivity contribution in [2.24, 2.45) is 0 Å². The van der Waals surface area contributed by atoms with Crippen LogP contribution in [0.15, 0.2) is 59.6 Å². The fourth-order valence-electron chi connectivity index (χ4n) is 3.90. The molecule has 4 rings (SSSR count). The molecule has 0 saturated heterocycles. The molecule has 1 atom stereocenters. The highest BCUT2D eigenvalue weighted by molar-refractivity contribution is 7.90. The van der Waals surface area contributed by atoms with Crippen molar-refractivity contribution in [3.8, 4) is 11.3 Å². The molecule has 1 heterocycles. The van der Waals surface area contributed by atoms with Crippen LogP contribution in [0.2, 0.25) is 0 Å². The number of hydrogen-bond donors (Lipinski definition) is 1. The van der Waals surface area contributed by atoms with Gasteiger partial charge in [0.1, 0.15) is 11.6 Å². The van der Waals surface area contributed by atoms with Crippen LogP contribution < -0.4 is 5.32 Å². The summed E-state index contributed by atoms with van der Waals surface area (Å²) in [5.74, 6) is -1.13. The van der Waals surface area contributed by atoms with Gasteiger partial charge in [-0.05, 0) is 67.8 Å². The molecule has 1 aliphatic rings. The molecule has 0 aliphatic heterocycles. The van der Waals surface area contributed by atoms with Crippen molar-refractivity contribution in [1.29, 1.82) is 0 Å². The Morgan fingerprint density at radius 2 is 1.89 bits per heavy atom. The Kier molecular flexibility index (Phi) is 4.81. The van der Waals surface area contributed by atoms with Crippen LogP contribution in [0.4, 0.5) is 8.78 Å². The van der Waals surface area contributed by atoms with Gasteiger partial charge >= 0.3 is 0 Å². The summed E-state index contributed by atoms with van der Waals surface area (Å²) in [5, 5.41) is 3.21. The monoisotopic (exact) mass is 402 g/mol. The molecule has 1 aliphatic carbocycles. The van der Waals surface area contributed by atoms with E-state index in [0.717, 1.165) is 34.0 Å². The van der Waals surface area contributed by atoms with Gasteiger partial charge in [0.25, 0.3) is 10.0 Å². The molecule has 0 spiro atoms. The highest BCUT2D eigenvalue weighted by atomic mass is 32.2. The Hall–Kier alpha value is -2.51. The zero-order valence-electron chi connectivity index (χ0n) is 15.3. The molecule has 1 aromatic heterocycles. The van der Waals surface area contributed by atoms with Crippen LogP contribution in [-0.2, 0) is 16.4 Å². The summed E-state index contributed by atoms with van der Waals surface area (Å²) < 4.78 is 56.2. The van der Waals surface area contributed by atoms with Crippen LogP contribution in [-0.4, -0.2) is 19.4 Å². The highest BCUT2D eigenvalue weighted by Gasteiger charge is 2.31. The van der Waals surface area contributed by atoms with Crippen LogP contribution in [0.3, 0.4) is 0 Å². The Morgan fingerprint density at radius 1 is 1.11 bits per heavy atom. The number of nitrogens with zero attached hydrogens (tertiary/aromatic N) is 1. The lowest BCUT2D eigenvalue weighted by molar-refractivity contribution is 0.499. The van der Waals surface area contributed by atoms with Gasteiger partial charge < -0.3 is 5.32 Å². The lowest BCUT2D eigenvalue weighted by atomic mass is 9.88. The summed E-state index contributed by atoms with van der Waals surface area (Å²) in [6, 6.07) is 11.0. The first-order chi connectivity index (χ1) is 13.4. The molecule has 4 nitrogen and oxygen atoms in total. The van der Waals surface area contributed by atoms with Gasteiger partial charge in [-0.2, -0.15) is 0 Å². The maximum Gasteiger partial charge on any atom is 0.268 e. The van der Waals surface area contributed by atoms with Crippen molar-refractivity contribution < 1.29 is 17.2 Å². The van der Waals surface area contributed by atoms with Crippen molar-refractivity contribution in [2.45, 2.75) is 30.2 Å². The van der Waals surface area contributed by atoms with Gasteiger partial charge in [0.2, 0.25) is 0 Å². The average Bonchev–Trinajstić information content (AvgIpc) is 3.08. The van der Waals surface area contributed by atoms with Crippen molar-refractivity contribution in [3.05, 3.63) is 77.5 Å². The molecule has 0 fully saturated rings. The van der Waals surface area contributed by atoms with E-state index in [1.165, 1.54) is 24.3 Å². The van der Waals surface area contributed by atoms with Gasteiger partial charge in [0, 0.05) is 17.8 Å². The molecule has 0 saturated carbocycles. The summed E-state index contributed by atoms with van der Waals surface area (Å²) in [5.41, 5.74) is 2.19. The predicted octanol–water partition coefficient (Wildman–Crippen LogP) is 4.27. The van der Waals surface area contributed by atoms with Crippen LogP contribution in [0.1, 0.15) is 30.0 Å². The third-order valence-corrected chi connectivity index (χ3v) is 6.89. The number of hydrogen-bond acceptors (Lipinski definition) is 3. The topological polar surface area (TPSA) is 51.1 Å². The molecular weight excluding hydrogens is 382 g/mol. The van der Waals surface area contributed by atoms with Gasteiger partial charge in [-0.15, -0.1) is 0 Å². The molecule has 7 heteroatoms. The molecular formula is C21H20F2N2O2S. The molecule has 0 bridgehead atoms. The summed E-state index contributed by atoms with van der Waals surface area (Å²) in [6.45, 7) is 0. The van der Waals surface area contributed by atoms with E-state index in [9.17, 15) is 17.2 Å². The number of rotatable bonds is 4. The lowest BCUT2D eigenvalue weighted by Crippen LogP contribution is -2.20. The molecule has 1 unspecified atom stereocenters. The zero-order chi connectivity index (χ0) is 19.9. The smallest absolute Gasteiger partial charge is 0.268 e. The van der Waals surface area contributed by atoms with Gasteiger partial charge in [0.15, 0.2) is 0 Å². The number of fused-ring (bicyclic) bond motifs is 1. The second-order valence-electron chi connectivity index (χ2n) is 6.88. The Balaban J connectivity index is 2.02. The summed E-state index contributed by atoms with van der Waals surface area (Å²) >= 11 is 0. The first kappa shape index (κ1) is 18.8. The SMILES string of the molecule is CNC1CCCc2c1cn(S(=O)(=O)c1cccc(F)c1)c2-c1ccccc1F. The van der Waals surface area contributed by atoms with E-state index in [2.05, 4.69) is 5.32 Å². The Labute approximate surface area is 162 Å². The Bertz CT molecular complexity index is 1140. The van der Waals surface area contributed by atoms with Gasteiger partial charge in [-0.25, -0.2) is 21.2 Å². The van der Waals surface area contributed by atoms with Crippen LogP contribution >= 0.6 is 0 Å². The van der Waals surface area contributed by atoms with E-state index < -0.39 is 21.7 Å². The minimum absolute atomic E-state index is 0.0155. The third-order valence-electron chi connectivity index (χ3n) is 5.24. The number of halogens is 2. The first-order valence-electron chi connectivity index (χ1n) is 9.11. The largest absolute Gasteiger partial charge is 0.313 e. The maximum absolute atomic E-state index is 14.7. The standard InChI is InChI=1S/C21H20F2N2O2S/c1-24-20-11-5-9-16-18(20)13-25(21(16)17-8-2-3-10-19(17)23)28(26,27)15-7-4-6-14(22)12-15/h2-4,6-8,10,12-13,20,24H,5,9,11H2,1H3. The van der Waals surface area contributed by atoms with E-state index in [1.807, 2.05) is 7.05 Å². The molecule has 0 radical (unpaired) electrons. The maximum atomic E-state index is 14.7. The first-order valence-corrected chi connectivity index (χ1v) is 10.5.